The molecule has 90 valence electrons. The minimum Gasteiger partial charge on any atom is -0.481 e. The molecule has 6 nitrogen and oxygen atoms in total. The maximum atomic E-state index is 10.4. The number of carboxylic acid groups (broad SMARTS) is 1. The number of hydrogen-bond donors (Lipinski definition) is 2. The summed E-state index contributed by atoms with van der Waals surface area (Å²) in [5.41, 5.74) is 1.40. The molecule has 0 aliphatic carbocycles. The van der Waals surface area contributed by atoms with Crippen LogP contribution in [-0.4, -0.2) is 38.9 Å². The summed E-state index contributed by atoms with van der Waals surface area (Å²) in [4.78, 5) is 21.9. The number of aromatic amines is 1. The fourth-order valence-corrected chi connectivity index (χ4v) is 1.95. The van der Waals surface area contributed by atoms with Crippen LogP contribution in [0.1, 0.15) is 5.82 Å². The van der Waals surface area contributed by atoms with Crippen LogP contribution >= 0.6 is 11.8 Å². The van der Waals surface area contributed by atoms with Crippen molar-refractivity contribution in [2.45, 2.75) is 5.75 Å². The number of pyridine rings is 1. The molecule has 0 aromatic carbocycles. The normalized spacial score (nSPS) is 10.6. The summed E-state index contributed by atoms with van der Waals surface area (Å²) in [7, 11) is 1.55. The van der Waals surface area contributed by atoms with Crippen LogP contribution < -0.4 is 4.74 Å². The Morgan fingerprint density at radius 3 is 3.06 bits per heavy atom. The van der Waals surface area contributed by atoms with Crippen LogP contribution in [-0.2, 0) is 10.5 Å². The SMILES string of the molecule is COc1ccc2[nH]c(CSCC(=O)O)nc2n1. The van der Waals surface area contributed by atoms with Gasteiger partial charge >= 0.3 is 5.97 Å². The van der Waals surface area contributed by atoms with E-state index >= 15 is 0 Å². The Morgan fingerprint density at radius 1 is 1.53 bits per heavy atom. The van der Waals surface area contributed by atoms with E-state index < -0.39 is 5.97 Å². The largest absolute Gasteiger partial charge is 0.481 e. The van der Waals surface area contributed by atoms with Crippen LogP contribution in [0.15, 0.2) is 12.1 Å². The topological polar surface area (TPSA) is 88.1 Å². The number of carbonyl (C=O) groups is 1. The lowest BCUT2D eigenvalue weighted by molar-refractivity contribution is -0.133. The predicted octanol–water partition coefficient (Wildman–Crippen LogP) is 1.28. The number of rotatable bonds is 5. The molecule has 0 unspecified atom stereocenters. The summed E-state index contributed by atoms with van der Waals surface area (Å²) in [5, 5.41) is 8.52. The molecule has 0 radical (unpaired) electrons. The molecule has 0 fully saturated rings. The zero-order valence-electron chi connectivity index (χ0n) is 9.14. The molecule has 0 spiro atoms. The van der Waals surface area contributed by atoms with Gasteiger partial charge in [-0.2, -0.15) is 4.98 Å². The fourth-order valence-electron chi connectivity index (χ4n) is 1.34. The molecular formula is C10H11N3O3S. The van der Waals surface area contributed by atoms with E-state index in [0.717, 1.165) is 5.52 Å². The van der Waals surface area contributed by atoms with Crippen molar-refractivity contribution in [1.82, 2.24) is 15.0 Å². The van der Waals surface area contributed by atoms with E-state index in [2.05, 4.69) is 15.0 Å². The van der Waals surface area contributed by atoms with Gasteiger partial charge in [-0.15, -0.1) is 11.8 Å². The zero-order chi connectivity index (χ0) is 12.3. The van der Waals surface area contributed by atoms with Gasteiger partial charge < -0.3 is 14.8 Å². The molecule has 2 aromatic heterocycles. The molecule has 2 aromatic rings. The van der Waals surface area contributed by atoms with Crippen LogP contribution in [0, 0.1) is 0 Å². The van der Waals surface area contributed by atoms with Gasteiger partial charge in [0.15, 0.2) is 5.65 Å². The quantitative estimate of drug-likeness (QED) is 0.834. The number of nitrogens with one attached hydrogen (secondary N) is 1. The number of fused-ring (bicyclic) bond motifs is 1. The maximum Gasteiger partial charge on any atom is 0.313 e. The van der Waals surface area contributed by atoms with Crippen molar-refractivity contribution < 1.29 is 14.6 Å². The van der Waals surface area contributed by atoms with E-state index in [4.69, 9.17) is 9.84 Å². The number of aliphatic carboxylic acids is 1. The van der Waals surface area contributed by atoms with Crippen molar-refractivity contribution in [3.63, 3.8) is 0 Å². The molecule has 0 amide bonds. The third-order valence-electron chi connectivity index (χ3n) is 2.04. The highest BCUT2D eigenvalue weighted by atomic mass is 32.2. The summed E-state index contributed by atoms with van der Waals surface area (Å²) >= 11 is 1.29. The third-order valence-corrected chi connectivity index (χ3v) is 2.97. The summed E-state index contributed by atoms with van der Waals surface area (Å²) in [6.07, 6.45) is 0. The molecule has 0 atom stereocenters. The minimum absolute atomic E-state index is 0.0633. The van der Waals surface area contributed by atoms with Gasteiger partial charge in [0.05, 0.1) is 24.1 Å². The molecule has 7 heteroatoms. The van der Waals surface area contributed by atoms with E-state index in [1.165, 1.54) is 11.8 Å². The highest BCUT2D eigenvalue weighted by molar-refractivity contribution is 7.99. The van der Waals surface area contributed by atoms with Crippen LogP contribution in [0.3, 0.4) is 0 Å². The second kappa shape index (κ2) is 5.05. The zero-order valence-corrected chi connectivity index (χ0v) is 9.95. The van der Waals surface area contributed by atoms with Gasteiger partial charge in [0, 0.05) is 6.07 Å². The predicted molar refractivity (Wildman–Crippen MR) is 64.2 cm³/mol. The summed E-state index contributed by atoms with van der Waals surface area (Å²) < 4.78 is 5.00. The first-order chi connectivity index (χ1) is 8.19. The van der Waals surface area contributed by atoms with Crippen LogP contribution in [0.25, 0.3) is 11.2 Å². The molecule has 2 N–H and O–H groups in total. The second-order valence-corrected chi connectivity index (χ2v) is 4.28. The van der Waals surface area contributed by atoms with Crippen LogP contribution in [0.4, 0.5) is 0 Å². The number of methoxy groups -OCH3 is 1. The van der Waals surface area contributed by atoms with E-state index in [1.54, 1.807) is 13.2 Å². The monoisotopic (exact) mass is 253 g/mol. The molecule has 0 saturated carbocycles. The molecule has 2 rings (SSSR count). The summed E-state index contributed by atoms with van der Waals surface area (Å²) in [5.74, 6) is 0.977. The van der Waals surface area contributed by atoms with Gasteiger partial charge in [-0.3, -0.25) is 4.79 Å². The van der Waals surface area contributed by atoms with Gasteiger partial charge in [-0.1, -0.05) is 0 Å². The minimum atomic E-state index is -0.828. The van der Waals surface area contributed by atoms with Crippen LogP contribution in [0.5, 0.6) is 5.88 Å². The average molecular weight is 253 g/mol. The molecule has 2 heterocycles. The van der Waals surface area contributed by atoms with Crippen molar-refractivity contribution in [2.24, 2.45) is 0 Å². The Bertz CT molecular complexity index is 541. The van der Waals surface area contributed by atoms with E-state index in [1.807, 2.05) is 6.07 Å². The van der Waals surface area contributed by atoms with Gasteiger partial charge in [-0.05, 0) is 6.07 Å². The van der Waals surface area contributed by atoms with Crippen molar-refractivity contribution in [3.05, 3.63) is 18.0 Å². The van der Waals surface area contributed by atoms with E-state index in [-0.39, 0.29) is 5.75 Å². The van der Waals surface area contributed by atoms with Crippen molar-refractivity contribution in [2.75, 3.05) is 12.9 Å². The number of hydrogen-bond acceptors (Lipinski definition) is 5. The first-order valence-corrected chi connectivity index (χ1v) is 6.03. The Morgan fingerprint density at radius 2 is 2.35 bits per heavy atom. The van der Waals surface area contributed by atoms with Gasteiger partial charge in [0.1, 0.15) is 5.82 Å². The number of aromatic nitrogens is 3. The molecule has 17 heavy (non-hydrogen) atoms. The van der Waals surface area contributed by atoms with E-state index in [0.29, 0.717) is 23.1 Å². The number of carboxylic acids is 1. The molecule has 0 aliphatic heterocycles. The lowest BCUT2D eigenvalue weighted by atomic mass is 10.4. The summed E-state index contributed by atoms with van der Waals surface area (Å²) in [6.45, 7) is 0. The first-order valence-electron chi connectivity index (χ1n) is 4.88. The Labute approximate surface area is 101 Å². The number of thioether (sulfide) groups is 1. The molecule has 0 aliphatic rings. The van der Waals surface area contributed by atoms with Gasteiger partial charge in [0.2, 0.25) is 5.88 Å². The van der Waals surface area contributed by atoms with Crippen LogP contribution in [0.2, 0.25) is 0 Å². The molecular weight excluding hydrogens is 242 g/mol. The van der Waals surface area contributed by atoms with Crippen molar-refractivity contribution in [1.29, 1.82) is 0 Å². The van der Waals surface area contributed by atoms with E-state index in [9.17, 15) is 4.79 Å². The summed E-state index contributed by atoms with van der Waals surface area (Å²) in [6, 6.07) is 3.58. The standard InChI is InChI=1S/C10H11N3O3S/c1-16-8-3-2-6-10(13-8)12-7(11-6)4-17-5-9(14)15/h2-3H,4-5H2,1H3,(H,14,15)(H,11,12,13). The lowest BCUT2D eigenvalue weighted by Crippen LogP contribution is -1.98. The second-order valence-electron chi connectivity index (χ2n) is 3.29. The van der Waals surface area contributed by atoms with Gasteiger partial charge in [-0.25, -0.2) is 4.98 Å². The molecule has 0 saturated heterocycles. The Kier molecular flexibility index (Phi) is 3.48. The Hall–Kier alpha value is -1.76. The molecule has 0 bridgehead atoms. The fraction of sp³-hybridized carbons (Fsp3) is 0.300. The number of H-pyrrole nitrogens is 1. The van der Waals surface area contributed by atoms with Crippen molar-refractivity contribution in [3.8, 4) is 5.88 Å². The number of nitrogens with zero attached hydrogens (tertiary/aromatic N) is 2. The smallest absolute Gasteiger partial charge is 0.313 e. The first kappa shape index (κ1) is 11.7. The highest BCUT2D eigenvalue weighted by Gasteiger charge is 2.06. The Balaban J connectivity index is 2.11. The van der Waals surface area contributed by atoms with Gasteiger partial charge in [0.25, 0.3) is 0 Å². The number of imidazole rings is 1. The third kappa shape index (κ3) is 2.88. The van der Waals surface area contributed by atoms with Crippen molar-refractivity contribution >= 4 is 28.9 Å². The maximum absolute atomic E-state index is 10.4. The average Bonchev–Trinajstić information content (AvgIpc) is 2.69. The number of ether oxygens (including phenoxy) is 1. The highest BCUT2D eigenvalue weighted by Crippen LogP contribution is 2.16. The lowest BCUT2D eigenvalue weighted by Gasteiger charge is -1.95.